The molecule has 0 bridgehead atoms. The second-order valence-electron chi connectivity index (χ2n) is 2.29. The molecule has 0 aliphatic heterocycles. The van der Waals surface area contributed by atoms with Gasteiger partial charge in [0.1, 0.15) is 0 Å². The third-order valence-corrected chi connectivity index (χ3v) is 1.41. The molecule has 0 aromatic heterocycles. The number of carbonyl (C=O) groups is 1. The van der Waals surface area contributed by atoms with E-state index in [0.29, 0.717) is 6.42 Å². The Morgan fingerprint density at radius 2 is 2.27 bits per heavy atom. The van der Waals surface area contributed by atoms with Crippen LogP contribution in [0.25, 0.3) is 0 Å². The third-order valence-electron chi connectivity index (χ3n) is 1.41. The summed E-state index contributed by atoms with van der Waals surface area (Å²) in [5.74, 6) is -0.919. The first-order valence-corrected chi connectivity index (χ1v) is 3.51. The fourth-order valence-electron chi connectivity index (χ4n) is 0.630. The number of aliphatic hydroxyl groups is 1. The molecule has 0 aliphatic carbocycles. The molecule has 66 valence electrons. The molecule has 1 N–H and O–H groups in total. The summed E-state index contributed by atoms with van der Waals surface area (Å²) in [4.78, 5) is 10.5. The predicted octanol–water partition coefficient (Wildman–Crippen LogP) is 0.659. The molecule has 0 rings (SSSR count). The maximum absolute atomic E-state index is 12.6. The van der Waals surface area contributed by atoms with Crippen molar-refractivity contribution < 1.29 is 19.0 Å². The third kappa shape index (κ3) is 3.93. The first-order chi connectivity index (χ1) is 5.11. The van der Waals surface area contributed by atoms with Crippen LogP contribution in [0.15, 0.2) is 0 Å². The maximum Gasteiger partial charge on any atom is 0.340 e. The van der Waals surface area contributed by atoms with Gasteiger partial charge in [0, 0.05) is 6.42 Å². The first kappa shape index (κ1) is 10.4. The molecule has 0 saturated heterocycles. The minimum atomic E-state index is -1.70. The van der Waals surface area contributed by atoms with Crippen molar-refractivity contribution in [2.24, 2.45) is 0 Å². The molecule has 0 aliphatic rings. The SMILES string of the molecule is CC[C@H](O)CC(F)C(=O)OC. The van der Waals surface area contributed by atoms with Gasteiger partial charge in [0.05, 0.1) is 13.2 Å². The van der Waals surface area contributed by atoms with E-state index in [1.54, 1.807) is 6.92 Å². The van der Waals surface area contributed by atoms with Crippen molar-refractivity contribution in [3.63, 3.8) is 0 Å². The molecule has 4 heteroatoms. The molecule has 0 aromatic carbocycles. The summed E-state index contributed by atoms with van der Waals surface area (Å²) in [5, 5.41) is 8.92. The van der Waals surface area contributed by atoms with E-state index in [1.165, 1.54) is 0 Å². The number of alkyl halides is 1. The van der Waals surface area contributed by atoms with Crippen LogP contribution >= 0.6 is 0 Å². The largest absolute Gasteiger partial charge is 0.467 e. The topological polar surface area (TPSA) is 46.5 Å². The highest BCUT2D eigenvalue weighted by Gasteiger charge is 2.20. The number of hydrogen-bond acceptors (Lipinski definition) is 3. The number of methoxy groups -OCH3 is 1. The number of carbonyl (C=O) groups excluding carboxylic acids is 1. The average molecular weight is 164 g/mol. The maximum atomic E-state index is 12.6. The van der Waals surface area contributed by atoms with Crippen molar-refractivity contribution in [3.8, 4) is 0 Å². The Bertz CT molecular complexity index is 127. The van der Waals surface area contributed by atoms with Gasteiger partial charge in [-0.2, -0.15) is 0 Å². The lowest BCUT2D eigenvalue weighted by molar-refractivity contribution is -0.147. The molecule has 1 unspecified atom stereocenters. The van der Waals surface area contributed by atoms with Crippen LogP contribution in [0.2, 0.25) is 0 Å². The Hall–Kier alpha value is -0.640. The van der Waals surface area contributed by atoms with Crippen molar-refractivity contribution in [2.75, 3.05) is 7.11 Å². The van der Waals surface area contributed by atoms with E-state index in [2.05, 4.69) is 4.74 Å². The van der Waals surface area contributed by atoms with Gasteiger partial charge >= 0.3 is 5.97 Å². The quantitative estimate of drug-likeness (QED) is 0.621. The Morgan fingerprint density at radius 1 is 1.73 bits per heavy atom. The molecule has 0 spiro atoms. The van der Waals surface area contributed by atoms with Crippen molar-refractivity contribution in [1.29, 1.82) is 0 Å². The van der Waals surface area contributed by atoms with Crippen LogP contribution in [0, 0.1) is 0 Å². The summed E-state index contributed by atoms with van der Waals surface area (Å²) < 4.78 is 16.7. The van der Waals surface area contributed by atoms with Crippen LogP contribution in [0.5, 0.6) is 0 Å². The standard InChI is InChI=1S/C7H13FO3/c1-3-5(9)4-6(8)7(10)11-2/h5-6,9H,3-4H2,1-2H3/t5-,6?/m0/s1. The average Bonchev–Trinajstić information content (AvgIpc) is 2.02. The summed E-state index contributed by atoms with van der Waals surface area (Å²) in [7, 11) is 1.12. The number of aliphatic hydroxyl groups excluding tert-OH is 1. The second kappa shape index (κ2) is 5.07. The number of halogens is 1. The molecule has 2 atom stereocenters. The molecule has 3 nitrogen and oxygen atoms in total. The van der Waals surface area contributed by atoms with E-state index in [-0.39, 0.29) is 6.42 Å². The summed E-state index contributed by atoms with van der Waals surface area (Å²) in [6, 6.07) is 0. The normalized spacial score (nSPS) is 15.6. The van der Waals surface area contributed by atoms with Gasteiger partial charge in [-0.25, -0.2) is 9.18 Å². The van der Waals surface area contributed by atoms with Crippen molar-refractivity contribution >= 4 is 5.97 Å². The summed E-state index contributed by atoms with van der Waals surface area (Å²) in [6.45, 7) is 1.72. The summed E-state index contributed by atoms with van der Waals surface area (Å²) in [5.41, 5.74) is 0. The van der Waals surface area contributed by atoms with Crippen molar-refractivity contribution in [1.82, 2.24) is 0 Å². The number of hydrogen-bond donors (Lipinski definition) is 1. The molecule has 0 aromatic rings. The molecular formula is C7H13FO3. The second-order valence-corrected chi connectivity index (χ2v) is 2.29. The van der Waals surface area contributed by atoms with Gasteiger partial charge in [0.15, 0.2) is 6.17 Å². The summed E-state index contributed by atoms with van der Waals surface area (Å²) >= 11 is 0. The van der Waals surface area contributed by atoms with Crippen LogP contribution in [-0.4, -0.2) is 30.5 Å². The molecular weight excluding hydrogens is 151 g/mol. The van der Waals surface area contributed by atoms with E-state index >= 15 is 0 Å². The van der Waals surface area contributed by atoms with Gasteiger partial charge in [-0.1, -0.05) is 6.92 Å². The number of ether oxygens (including phenoxy) is 1. The minimum Gasteiger partial charge on any atom is -0.467 e. The smallest absolute Gasteiger partial charge is 0.340 e. The molecule has 0 amide bonds. The van der Waals surface area contributed by atoms with E-state index in [9.17, 15) is 9.18 Å². The minimum absolute atomic E-state index is 0.177. The lowest BCUT2D eigenvalue weighted by atomic mass is 10.1. The van der Waals surface area contributed by atoms with E-state index in [1.807, 2.05) is 0 Å². The molecule has 11 heavy (non-hydrogen) atoms. The lowest BCUT2D eigenvalue weighted by Crippen LogP contribution is -2.22. The van der Waals surface area contributed by atoms with Gasteiger partial charge in [-0.05, 0) is 6.42 Å². The predicted molar refractivity (Wildman–Crippen MR) is 37.8 cm³/mol. The zero-order valence-electron chi connectivity index (χ0n) is 6.71. The van der Waals surface area contributed by atoms with Gasteiger partial charge in [-0.3, -0.25) is 0 Å². The molecule has 0 saturated carbocycles. The lowest BCUT2D eigenvalue weighted by Gasteiger charge is -2.09. The first-order valence-electron chi connectivity index (χ1n) is 3.51. The molecule has 0 radical (unpaired) electrons. The highest BCUT2D eigenvalue weighted by atomic mass is 19.1. The Labute approximate surface area is 65.2 Å². The van der Waals surface area contributed by atoms with Gasteiger partial charge in [-0.15, -0.1) is 0 Å². The van der Waals surface area contributed by atoms with Crippen molar-refractivity contribution in [2.45, 2.75) is 32.0 Å². The fourth-order valence-corrected chi connectivity index (χ4v) is 0.630. The highest BCUT2D eigenvalue weighted by molar-refractivity contribution is 5.74. The molecule has 0 heterocycles. The Balaban J connectivity index is 3.67. The van der Waals surface area contributed by atoms with Crippen LogP contribution in [0.1, 0.15) is 19.8 Å². The van der Waals surface area contributed by atoms with E-state index < -0.39 is 18.2 Å². The van der Waals surface area contributed by atoms with Crippen molar-refractivity contribution in [3.05, 3.63) is 0 Å². The van der Waals surface area contributed by atoms with E-state index in [4.69, 9.17) is 5.11 Å². The van der Waals surface area contributed by atoms with Gasteiger partial charge < -0.3 is 9.84 Å². The van der Waals surface area contributed by atoms with Gasteiger partial charge in [0.25, 0.3) is 0 Å². The van der Waals surface area contributed by atoms with Gasteiger partial charge in [0.2, 0.25) is 0 Å². The zero-order valence-corrected chi connectivity index (χ0v) is 6.71. The van der Waals surface area contributed by atoms with Crippen LogP contribution in [-0.2, 0) is 9.53 Å². The van der Waals surface area contributed by atoms with E-state index in [0.717, 1.165) is 7.11 Å². The Morgan fingerprint density at radius 3 is 2.64 bits per heavy atom. The number of esters is 1. The number of rotatable bonds is 4. The Kier molecular flexibility index (Phi) is 4.77. The molecule has 0 fully saturated rings. The van der Waals surface area contributed by atoms with Crippen LogP contribution in [0.3, 0.4) is 0 Å². The van der Waals surface area contributed by atoms with Crippen LogP contribution in [0.4, 0.5) is 4.39 Å². The highest BCUT2D eigenvalue weighted by Crippen LogP contribution is 2.06. The summed E-state index contributed by atoms with van der Waals surface area (Å²) in [6.07, 6.45) is -2.19. The monoisotopic (exact) mass is 164 g/mol. The fraction of sp³-hybridized carbons (Fsp3) is 0.857. The van der Waals surface area contributed by atoms with Crippen LogP contribution < -0.4 is 0 Å². The zero-order chi connectivity index (χ0) is 8.85.